The molecule has 1 atom stereocenters. The zero-order valence-electron chi connectivity index (χ0n) is 15.9. The van der Waals surface area contributed by atoms with Gasteiger partial charge in [-0.15, -0.1) is 0 Å². The van der Waals surface area contributed by atoms with Gasteiger partial charge in [-0.1, -0.05) is 0 Å². The van der Waals surface area contributed by atoms with Gasteiger partial charge in [0.2, 0.25) is 0 Å². The highest BCUT2D eigenvalue weighted by molar-refractivity contribution is 9.10. The molecule has 0 bridgehead atoms. The second kappa shape index (κ2) is 7.67. The molecular weight excluding hydrogens is 471 g/mol. The van der Waals surface area contributed by atoms with Gasteiger partial charge in [-0.05, 0) is 47.5 Å². The van der Waals surface area contributed by atoms with Crippen molar-refractivity contribution in [1.82, 2.24) is 14.5 Å². The number of nitrogens with one attached hydrogen (secondary N) is 1. The minimum atomic E-state index is -4.73. The lowest BCUT2D eigenvalue weighted by atomic mass is 10.0. The third-order valence-electron chi connectivity index (χ3n) is 4.47. The molecule has 3 aromatic rings. The molecule has 0 aliphatic rings. The van der Waals surface area contributed by atoms with Crippen LogP contribution in [-0.4, -0.2) is 19.5 Å². The highest BCUT2D eigenvalue weighted by atomic mass is 79.9. The van der Waals surface area contributed by atoms with E-state index in [0.29, 0.717) is 22.9 Å². The number of hydrogen-bond donors (Lipinski definition) is 1. The summed E-state index contributed by atoms with van der Waals surface area (Å²) in [6.45, 7) is 3.16. The normalized spacial score (nSPS) is 12.8. The molecule has 0 radical (unpaired) electrons. The summed E-state index contributed by atoms with van der Waals surface area (Å²) in [4.78, 5) is 30.9. The zero-order chi connectivity index (χ0) is 22.4. The van der Waals surface area contributed by atoms with Crippen molar-refractivity contribution in [3.8, 4) is 0 Å². The molecule has 3 rings (SSSR count). The fraction of sp³-hybridized carbons (Fsp3) is 0.278. The minimum absolute atomic E-state index is 0.0600. The van der Waals surface area contributed by atoms with Crippen molar-refractivity contribution in [3.05, 3.63) is 66.2 Å². The van der Waals surface area contributed by atoms with Crippen LogP contribution in [0.15, 0.2) is 33.5 Å². The number of fused-ring (bicyclic) bond motifs is 1. The minimum Gasteiger partial charge on any atom is -0.363 e. The van der Waals surface area contributed by atoms with Gasteiger partial charge in [0, 0.05) is 19.2 Å². The maximum absolute atomic E-state index is 13.2. The highest BCUT2D eigenvalue weighted by Crippen LogP contribution is 2.35. The van der Waals surface area contributed by atoms with Crippen molar-refractivity contribution in [3.63, 3.8) is 0 Å². The Morgan fingerprint density at radius 2 is 1.90 bits per heavy atom. The summed E-state index contributed by atoms with van der Waals surface area (Å²) in [5, 5.41) is 14.5. The maximum atomic E-state index is 13.2. The van der Waals surface area contributed by atoms with Gasteiger partial charge in [0.1, 0.15) is 17.3 Å². The maximum Gasteiger partial charge on any atom is 0.416 e. The molecule has 0 spiro atoms. The average Bonchev–Trinajstić information content (AvgIpc) is 2.66. The van der Waals surface area contributed by atoms with Crippen LogP contribution in [0.1, 0.15) is 29.9 Å². The number of pyridine rings is 1. The Bertz CT molecular complexity index is 1230. The lowest BCUT2D eigenvalue weighted by molar-refractivity contribution is -0.385. The molecule has 1 N–H and O–H groups in total. The fourth-order valence-corrected chi connectivity index (χ4v) is 3.45. The zero-order valence-corrected chi connectivity index (χ0v) is 17.5. The van der Waals surface area contributed by atoms with Gasteiger partial charge >= 0.3 is 6.18 Å². The lowest BCUT2D eigenvalue weighted by Gasteiger charge is -2.19. The number of aromatic nitrogens is 3. The molecule has 0 aliphatic heterocycles. The molecule has 2 aromatic heterocycles. The van der Waals surface area contributed by atoms with Crippen LogP contribution in [0.2, 0.25) is 0 Å². The Balaban J connectivity index is 2.12. The summed E-state index contributed by atoms with van der Waals surface area (Å²) >= 11 is 3.17. The molecule has 12 heteroatoms. The summed E-state index contributed by atoms with van der Waals surface area (Å²) in [5.74, 6) is 0.617. The van der Waals surface area contributed by atoms with E-state index in [0.717, 1.165) is 12.1 Å². The van der Waals surface area contributed by atoms with E-state index in [1.54, 1.807) is 13.8 Å². The monoisotopic (exact) mass is 485 g/mol. The molecule has 0 fully saturated rings. The van der Waals surface area contributed by atoms with Crippen molar-refractivity contribution >= 4 is 38.5 Å². The van der Waals surface area contributed by atoms with Crippen molar-refractivity contribution in [2.45, 2.75) is 26.1 Å². The molecule has 0 saturated heterocycles. The quantitative estimate of drug-likeness (QED) is 0.431. The highest BCUT2D eigenvalue weighted by Gasteiger charge is 2.33. The second-order valence-electron chi connectivity index (χ2n) is 6.65. The van der Waals surface area contributed by atoms with Crippen LogP contribution in [-0.2, 0) is 13.2 Å². The number of benzene rings is 1. The number of halogens is 4. The van der Waals surface area contributed by atoms with Crippen LogP contribution < -0.4 is 10.9 Å². The van der Waals surface area contributed by atoms with E-state index in [-0.39, 0.29) is 21.4 Å². The topological polar surface area (TPSA) is 103 Å². The summed E-state index contributed by atoms with van der Waals surface area (Å²) in [7, 11) is 1.53. The first-order valence-corrected chi connectivity index (χ1v) is 9.34. The smallest absolute Gasteiger partial charge is 0.363 e. The molecule has 0 unspecified atom stereocenters. The van der Waals surface area contributed by atoms with E-state index >= 15 is 0 Å². The Morgan fingerprint density at radius 3 is 2.50 bits per heavy atom. The standard InChI is InChI=1S/C18H15BrF3N5O3/c1-8(10-4-11(18(20,21)22)6-12(5-10)27(29)30)23-15-13-7-14(19)17(28)26(3)16(13)25-9(2)24-15/h4-8H,1-3H3,(H,23,24,25)/t8-/m1/s1. The SMILES string of the molecule is Cc1nc(N[C@H](C)c2cc([N+](=O)[O-])cc(C(F)(F)F)c2)c2cc(Br)c(=O)n(C)c2n1. The molecule has 0 aliphatic carbocycles. The van der Waals surface area contributed by atoms with Crippen LogP contribution in [0.5, 0.6) is 0 Å². The molecule has 0 amide bonds. The number of alkyl halides is 3. The number of rotatable bonds is 4. The lowest BCUT2D eigenvalue weighted by Crippen LogP contribution is -2.20. The Hall–Kier alpha value is -3.02. The number of aryl methyl sites for hydroxylation is 2. The first-order valence-electron chi connectivity index (χ1n) is 8.55. The van der Waals surface area contributed by atoms with Gasteiger partial charge in [0.15, 0.2) is 0 Å². The van der Waals surface area contributed by atoms with Crippen LogP contribution in [0.4, 0.5) is 24.7 Å². The van der Waals surface area contributed by atoms with Gasteiger partial charge < -0.3 is 5.32 Å². The van der Waals surface area contributed by atoms with Crippen LogP contribution >= 0.6 is 15.9 Å². The number of anilines is 1. The molecule has 2 heterocycles. The third-order valence-corrected chi connectivity index (χ3v) is 5.03. The molecule has 8 nitrogen and oxygen atoms in total. The predicted molar refractivity (Wildman–Crippen MR) is 107 cm³/mol. The fourth-order valence-electron chi connectivity index (χ4n) is 2.95. The number of non-ortho nitro benzene ring substituents is 1. The van der Waals surface area contributed by atoms with Crippen molar-refractivity contribution < 1.29 is 18.1 Å². The third kappa shape index (κ3) is 4.13. The van der Waals surface area contributed by atoms with E-state index in [4.69, 9.17) is 0 Å². The number of nitrogens with zero attached hydrogens (tertiary/aromatic N) is 4. The second-order valence-corrected chi connectivity index (χ2v) is 7.50. The van der Waals surface area contributed by atoms with Crippen molar-refractivity contribution in [2.75, 3.05) is 5.32 Å². The largest absolute Gasteiger partial charge is 0.416 e. The molecule has 1 aromatic carbocycles. The van der Waals surface area contributed by atoms with Gasteiger partial charge in [0.25, 0.3) is 11.2 Å². The van der Waals surface area contributed by atoms with E-state index in [1.165, 1.54) is 17.7 Å². The van der Waals surface area contributed by atoms with Crippen LogP contribution in [0, 0.1) is 17.0 Å². The molecule has 30 heavy (non-hydrogen) atoms. The number of nitro groups is 1. The van der Waals surface area contributed by atoms with Gasteiger partial charge in [-0.2, -0.15) is 13.2 Å². The Kier molecular flexibility index (Phi) is 5.54. The predicted octanol–water partition coefficient (Wildman–Crippen LogP) is 4.50. The molecule has 158 valence electrons. The van der Waals surface area contributed by atoms with Gasteiger partial charge in [-0.3, -0.25) is 19.5 Å². The Morgan fingerprint density at radius 1 is 1.23 bits per heavy atom. The summed E-state index contributed by atoms with van der Waals surface area (Å²) in [5.41, 5.74) is -1.70. The van der Waals surface area contributed by atoms with E-state index < -0.39 is 28.4 Å². The van der Waals surface area contributed by atoms with Crippen LogP contribution in [0.25, 0.3) is 11.0 Å². The van der Waals surface area contributed by atoms with E-state index in [1.807, 2.05) is 0 Å². The average molecular weight is 486 g/mol. The molecule has 0 saturated carbocycles. The number of hydrogen-bond acceptors (Lipinski definition) is 6. The summed E-state index contributed by atoms with van der Waals surface area (Å²) < 4.78 is 41.1. The van der Waals surface area contributed by atoms with Crippen molar-refractivity contribution in [2.24, 2.45) is 7.05 Å². The van der Waals surface area contributed by atoms with Crippen LogP contribution in [0.3, 0.4) is 0 Å². The first-order chi connectivity index (χ1) is 13.9. The Labute approximate surface area is 176 Å². The van der Waals surface area contributed by atoms with E-state index in [9.17, 15) is 28.1 Å². The first kappa shape index (κ1) is 21.7. The number of nitro benzene ring substituents is 1. The van der Waals surface area contributed by atoms with Crippen molar-refractivity contribution in [1.29, 1.82) is 0 Å². The van der Waals surface area contributed by atoms with E-state index in [2.05, 4.69) is 31.2 Å². The molecular formula is C18H15BrF3N5O3. The summed E-state index contributed by atoms with van der Waals surface area (Å²) in [6.07, 6.45) is -4.73. The summed E-state index contributed by atoms with van der Waals surface area (Å²) in [6, 6.07) is 3.18. The van der Waals surface area contributed by atoms with Gasteiger partial charge in [-0.25, -0.2) is 9.97 Å². The van der Waals surface area contributed by atoms with Gasteiger partial charge in [0.05, 0.1) is 26.4 Å².